The van der Waals surface area contributed by atoms with E-state index in [1.165, 1.54) is 0 Å². The molecule has 0 bridgehead atoms. The number of urea groups is 1. The SMILES string of the molecule is CSC(C)CNC(=O)N1C[C@@H]2CCC[C@@]2(C(=O)O)C1. The van der Waals surface area contributed by atoms with E-state index in [2.05, 4.69) is 12.2 Å². The van der Waals surface area contributed by atoms with Gasteiger partial charge in [0.15, 0.2) is 0 Å². The Kier molecular flexibility index (Phi) is 4.28. The van der Waals surface area contributed by atoms with Gasteiger partial charge in [-0.05, 0) is 25.0 Å². The molecule has 1 saturated heterocycles. The maximum Gasteiger partial charge on any atom is 0.317 e. The molecule has 2 fully saturated rings. The number of rotatable bonds is 4. The molecule has 0 spiro atoms. The first-order valence-corrected chi connectivity index (χ1v) is 8.07. The maximum absolute atomic E-state index is 12.1. The maximum atomic E-state index is 12.1. The van der Waals surface area contributed by atoms with Crippen LogP contribution in [0.5, 0.6) is 0 Å². The summed E-state index contributed by atoms with van der Waals surface area (Å²) in [6.07, 6.45) is 4.61. The number of nitrogens with zero attached hydrogens (tertiary/aromatic N) is 1. The lowest BCUT2D eigenvalue weighted by Gasteiger charge is -2.23. The van der Waals surface area contributed by atoms with E-state index in [-0.39, 0.29) is 11.9 Å². The summed E-state index contributed by atoms with van der Waals surface area (Å²) in [6.45, 7) is 3.64. The van der Waals surface area contributed by atoms with Gasteiger partial charge in [0.25, 0.3) is 0 Å². The summed E-state index contributed by atoms with van der Waals surface area (Å²) in [7, 11) is 0. The number of hydrogen-bond acceptors (Lipinski definition) is 3. The highest BCUT2D eigenvalue weighted by molar-refractivity contribution is 7.99. The van der Waals surface area contributed by atoms with Gasteiger partial charge in [0.1, 0.15) is 0 Å². The van der Waals surface area contributed by atoms with Gasteiger partial charge in [0.05, 0.1) is 5.41 Å². The molecule has 1 unspecified atom stereocenters. The number of aliphatic carboxylic acids is 1. The summed E-state index contributed by atoms with van der Waals surface area (Å²) in [6, 6.07) is -0.115. The first kappa shape index (κ1) is 14.5. The van der Waals surface area contributed by atoms with Gasteiger partial charge >= 0.3 is 12.0 Å². The molecule has 0 aromatic heterocycles. The Labute approximate surface area is 118 Å². The number of likely N-dealkylation sites (tertiary alicyclic amines) is 1. The van der Waals surface area contributed by atoms with Crippen LogP contribution in [0.2, 0.25) is 0 Å². The molecule has 108 valence electrons. The second kappa shape index (κ2) is 5.61. The van der Waals surface area contributed by atoms with E-state index < -0.39 is 11.4 Å². The van der Waals surface area contributed by atoms with Crippen molar-refractivity contribution in [3.8, 4) is 0 Å². The van der Waals surface area contributed by atoms with Gasteiger partial charge < -0.3 is 15.3 Å². The number of hydrogen-bond donors (Lipinski definition) is 2. The fourth-order valence-corrected chi connectivity index (χ4v) is 3.47. The van der Waals surface area contributed by atoms with Gasteiger partial charge in [-0.25, -0.2) is 4.79 Å². The van der Waals surface area contributed by atoms with Crippen LogP contribution in [0.15, 0.2) is 0 Å². The fourth-order valence-electron chi connectivity index (χ4n) is 3.22. The molecule has 2 aliphatic rings. The Morgan fingerprint density at radius 3 is 2.89 bits per heavy atom. The molecule has 1 saturated carbocycles. The minimum absolute atomic E-state index is 0.115. The van der Waals surface area contributed by atoms with E-state index in [0.717, 1.165) is 12.8 Å². The molecular weight excluding hydrogens is 264 g/mol. The predicted molar refractivity (Wildman–Crippen MR) is 75.4 cm³/mol. The third kappa shape index (κ3) is 2.68. The van der Waals surface area contributed by atoms with E-state index in [0.29, 0.717) is 31.3 Å². The molecule has 2 amide bonds. The zero-order valence-electron chi connectivity index (χ0n) is 11.5. The predicted octanol–water partition coefficient (Wildman–Crippen LogP) is 1.63. The lowest BCUT2D eigenvalue weighted by Crippen LogP contribution is -2.43. The number of nitrogens with one attached hydrogen (secondary N) is 1. The summed E-state index contributed by atoms with van der Waals surface area (Å²) in [4.78, 5) is 25.3. The summed E-state index contributed by atoms with van der Waals surface area (Å²) < 4.78 is 0. The van der Waals surface area contributed by atoms with Crippen LogP contribution in [-0.4, -0.2) is 53.1 Å². The van der Waals surface area contributed by atoms with E-state index in [1.807, 2.05) is 6.26 Å². The number of carbonyl (C=O) groups is 2. The van der Waals surface area contributed by atoms with Crippen LogP contribution < -0.4 is 5.32 Å². The third-order valence-corrected chi connectivity index (χ3v) is 5.50. The van der Waals surface area contributed by atoms with Crippen molar-refractivity contribution < 1.29 is 14.7 Å². The smallest absolute Gasteiger partial charge is 0.317 e. The topological polar surface area (TPSA) is 69.6 Å². The molecule has 0 aromatic carbocycles. The first-order valence-electron chi connectivity index (χ1n) is 6.78. The van der Waals surface area contributed by atoms with Crippen LogP contribution in [-0.2, 0) is 4.79 Å². The van der Waals surface area contributed by atoms with Crippen LogP contribution in [0.4, 0.5) is 4.79 Å². The molecule has 1 aliphatic carbocycles. The van der Waals surface area contributed by atoms with Gasteiger partial charge in [-0.15, -0.1) is 0 Å². The van der Waals surface area contributed by atoms with Gasteiger partial charge in [-0.2, -0.15) is 11.8 Å². The van der Waals surface area contributed by atoms with E-state index in [1.54, 1.807) is 16.7 Å². The number of carbonyl (C=O) groups excluding carboxylic acids is 1. The van der Waals surface area contributed by atoms with Gasteiger partial charge in [0, 0.05) is 24.9 Å². The molecule has 0 radical (unpaired) electrons. The fraction of sp³-hybridized carbons (Fsp3) is 0.846. The lowest BCUT2D eigenvalue weighted by atomic mass is 9.81. The highest BCUT2D eigenvalue weighted by Crippen LogP contribution is 2.48. The molecule has 19 heavy (non-hydrogen) atoms. The molecule has 3 atom stereocenters. The summed E-state index contributed by atoms with van der Waals surface area (Å²) in [5.74, 6) is -0.600. The van der Waals surface area contributed by atoms with Crippen molar-refractivity contribution in [2.75, 3.05) is 25.9 Å². The van der Waals surface area contributed by atoms with Crippen LogP contribution in [0.3, 0.4) is 0 Å². The Bertz CT molecular complexity index is 377. The number of fused-ring (bicyclic) bond motifs is 1. The van der Waals surface area contributed by atoms with Crippen molar-refractivity contribution >= 4 is 23.8 Å². The average Bonchev–Trinajstić information content (AvgIpc) is 2.92. The van der Waals surface area contributed by atoms with Crippen LogP contribution in [0.1, 0.15) is 26.2 Å². The lowest BCUT2D eigenvalue weighted by molar-refractivity contribution is -0.149. The molecule has 0 aromatic rings. The molecule has 2 rings (SSSR count). The summed E-state index contributed by atoms with van der Waals surface area (Å²) in [5, 5.41) is 12.7. The van der Waals surface area contributed by atoms with Crippen molar-refractivity contribution in [1.29, 1.82) is 0 Å². The van der Waals surface area contributed by atoms with Crippen molar-refractivity contribution in [2.24, 2.45) is 11.3 Å². The standard InChI is InChI=1S/C13H22N2O3S/c1-9(19-2)6-14-12(18)15-7-10-4-3-5-13(10,8-15)11(16)17/h9-10H,3-8H2,1-2H3,(H,14,18)(H,16,17)/t9?,10-,13+/m0/s1. The second-order valence-corrected chi connectivity index (χ2v) is 6.94. The van der Waals surface area contributed by atoms with Crippen molar-refractivity contribution in [2.45, 2.75) is 31.4 Å². The minimum atomic E-state index is -0.734. The molecular formula is C13H22N2O3S. The minimum Gasteiger partial charge on any atom is -0.481 e. The third-order valence-electron chi connectivity index (χ3n) is 4.53. The van der Waals surface area contributed by atoms with Gasteiger partial charge in [-0.3, -0.25) is 4.79 Å². The van der Waals surface area contributed by atoms with Gasteiger partial charge in [-0.1, -0.05) is 13.3 Å². The van der Waals surface area contributed by atoms with Crippen molar-refractivity contribution in [1.82, 2.24) is 10.2 Å². The zero-order chi connectivity index (χ0) is 14.0. The zero-order valence-corrected chi connectivity index (χ0v) is 12.3. The van der Waals surface area contributed by atoms with Crippen LogP contribution in [0.25, 0.3) is 0 Å². The van der Waals surface area contributed by atoms with E-state index in [9.17, 15) is 14.7 Å². The molecule has 1 heterocycles. The quantitative estimate of drug-likeness (QED) is 0.824. The molecule has 2 N–H and O–H groups in total. The Balaban J connectivity index is 1.94. The first-order chi connectivity index (χ1) is 8.99. The van der Waals surface area contributed by atoms with Crippen molar-refractivity contribution in [3.63, 3.8) is 0 Å². The number of carboxylic acid groups (broad SMARTS) is 1. The van der Waals surface area contributed by atoms with E-state index in [4.69, 9.17) is 0 Å². The molecule has 1 aliphatic heterocycles. The molecule has 5 nitrogen and oxygen atoms in total. The largest absolute Gasteiger partial charge is 0.481 e. The summed E-state index contributed by atoms with van der Waals surface area (Å²) >= 11 is 1.70. The second-order valence-electron chi connectivity index (χ2n) is 5.66. The van der Waals surface area contributed by atoms with Crippen LogP contribution >= 0.6 is 11.8 Å². The Morgan fingerprint density at radius 2 is 2.32 bits per heavy atom. The highest BCUT2D eigenvalue weighted by Gasteiger charge is 2.55. The average molecular weight is 286 g/mol. The monoisotopic (exact) mass is 286 g/mol. The highest BCUT2D eigenvalue weighted by atomic mass is 32.2. The van der Waals surface area contributed by atoms with Crippen LogP contribution in [0, 0.1) is 11.3 Å². The molecule has 6 heteroatoms. The number of carboxylic acids is 1. The number of thioether (sulfide) groups is 1. The number of amides is 2. The Hall–Kier alpha value is -0.910. The van der Waals surface area contributed by atoms with Crippen molar-refractivity contribution in [3.05, 3.63) is 0 Å². The normalized spacial score (nSPS) is 31.1. The Morgan fingerprint density at radius 1 is 1.58 bits per heavy atom. The van der Waals surface area contributed by atoms with Gasteiger partial charge in [0.2, 0.25) is 0 Å². The summed E-state index contributed by atoms with van der Waals surface area (Å²) in [5.41, 5.74) is -0.678. The van der Waals surface area contributed by atoms with E-state index >= 15 is 0 Å².